The molecule has 0 saturated carbocycles. The van der Waals surface area contributed by atoms with Gasteiger partial charge in [-0.2, -0.15) is 0 Å². The van der Waals surface area contributed by atoms with Crippen LogP contribution in [0.1, 0.15) is 47.5 Å². The highest BCUT2D eigenvalue weighted by Gasteiger charge is 2.20. The minimum atomic E-state index is -0.124. The molecule has 0 aromatic carbocycles. The van der Waals surface area contributed by atoms with Crippen LogP contribution in [0.3, 0.4) is 0 Å². The van der Waals surface area contributed by atoms with Crippen LogP contribution in [0.5, 0.6) is 0 Å². The van der Waals surface area contributed by atoms with Crippen LogP contribution in [-0.4, -0.2) is 48.8 Å². The number of nitrogens with zero attached hydrogens (tertiary/aromatic N) is 1. The Labute approximate surface area is 114 Å². The Hall–Kier alpha value is -0.120. The molecule has 0 rings (SSSR count). The molecule has 3 heteroatoms. The summed E-state index contributed by atoms with van der Waals surface area (Å²) in [6, 6.07) is 0. The molecule has 0 aliphatic heterocycles. The molecule has 0 saturated heterocycles. The number of nitrogens with one attached hydrogen (secondary N) is 1. The maximum absolute atomic E-state index is 9.37. The quantitative estimate of drug-likeness (QED) is 0.631. The minimum Gasteiger partial charge on any atom is -0.394 e. The standard InChI is InChI=1S/C15H34N2O/c1-13(2)10-17(11-14(3)4)9-7-8-15(5,12-18)16-6/h13-14,16,18H,7-12H2,1-6H3. The first kappa shape index (κ1) is 17.9. The zero-order chi connectivity index (χ0) is 14.2. The minimum absolute atomic E-state index is 0.124. The summed E-state index contributed by atoms with van der Waals surface area (Å²) in [6.07, 6.45) is 2.16. The van der Waals surface area contributed by atoms with Gasteiger partial charge in [-0.3, -0.25) is 0 Å². The van der Waals surface area contributed by atoms with Gasteiger partial charge in [-0.1, -0.05) is 27.7 Å². The lowest BCUT2D eigenvalue weighted by atomic mass is 9.97. The first-order chi connectivity index (χ1) is 8.33. The average molecular weight is 258 g/mol. The largest absolute Gasteiger partial charge is 0.394 e. The van der Waals surface area contributed by atoms with E-state index >= 15 is 0 Å². The monoisotopic (exact) mass is 258 g/mol. The molecule has 110 valence electrons. The lowest BCUT2D eigenvalue weighted by molar-refractivity contribution is 0.158. The third-order valence-electron chi connectivity index (χ3n) is 3.40. The van der Waals surface area contributed by atoms with E-state index in [1.807, 2.05) is 7.05 Å². The van der Waals surface area contributed by atoms with Gasteiger partial charge < -0.3 is 15.3 Å². The summed E-state index contributed by atoms with van der Waals surface area (Å²) < 4.78 is 0. The van der Waals surface area contributed by atoms with Gasteiger partial charge in [0.25, 0.3) is 0 Å². The molecule has 0 aromatic heterocycles. The molecule has 0 radical (unpaired) electrons. The van der Waals surface area contributed by atoms with E-state index in [2.05, 4.69) is 44.8 Å². The van der Waals surface area contributed by atoms with Gasteiger partial charge in [-0.05, 0) is 45.2 Å². The van der Waals surface area contributed by atoms with Crippen molar-refractivity contribution in [2.24, 2.45) is 11.8 Å². The van der Waals surface area contributed by atoms with Crippen molar-refractivity contribution in [3.63, 3.8) is 0 Å². The molecule has 0 fully saturated rings. The van der Waals surface area contributed by atoms with Gasteiger partial charge in [0, 0.05) is 18.6 Å². The van der Waals surface area contributed by atoms with Crippen LogP contribution in [0.25, 0.3) is 0 Å². The van der Waals surface area contributed by atoms with Crippen molar-refractivity contribution in [3.8, 4) is 0 Å². The Morgan fingerprint density at radius 2 is 1.61 bits per heavy atom. The fraction of sp³-hybridized carbons (Fsp3) is 1.00. The molecule has 2 N–H and O–H groups in total. The van der Waals surface area contributed by atoms with E-state index in [1.54, 1.807) is 0 Å². The van der Waals surface area contributed by atoms with Gasteiger partial charge in [0.2, 0.25) is 0 Å². The van der Waals surface area contributed by atoms with Crippen molar-refractivity contribution in [1.29, 1.82) is 0 Å². The average Bonchev–Trinajstić information content (AvgIpc) is 2.27. The number of hydrogen-bond acceptors (Lipinski definition) is 3. The van der Waals surface area contributed by atoms with Crippen molar-refractivity contribution in [1.82, 2.24) is 10.2 Å². The maximum atomic E-state index is 9.37. The molecule has 0 aromatic rings. The molecular formula is C15H34N2O. The summed E-state index contributed by atoms with van der Waals surface area (Å²) in [7, 11) is 1.93. The van der Waals surface area contributed by atoms with Crippen molar-refractivity contribution < 1.29 is 5.11 Å². The fourth-order valence-electron chi connectivity index (χ4n) is 2.27. The van der Waals surface area contributed by atoms with E-state index in [0.29, 0.717) is 0 Å². The molecule has 0 bridgehead atoms. The maximum Gasteiger partial charge on any atom is 0.0610 e. The van der Waals surface area contributed by atoms with E-state index in [0.717, 1.165) is 31.2 Å². The van der Waals surface area contributed by atoms with Crippen LogP contribution in [0, 0.1) is 11.8 Å². The molecule has 0 heterocycles. The van der Waals surface area contributed by atoms with E-state index in [9.17, 15) is 5.11 Å². The van der Waals surface area contributed by atoms with E-state index in [-0.39, 0.29) is 12.1 Å². The molecule has 0 aliphatic rings. The summed E-state index contributed by atoms with van der Waals surface area (Å²) in [5.41, 5.74) is -0.124. The molecule has 0 amide bonds. The molecule has 1 atom stereocenters. The third-order valence-corrected chi connectivity index (χ3v) is 3.40. The smallest absolute Gasteiger partial charge is 0.0610 e. The van der Waals surface area contributed by atoms with Crippen LogP contribution in [0.4, 0.5) is 0 Å². The van der Waals surface area contributed by atoms with Gasteiger partial charge in [0.1, 0.15) is 0 Å². The predicted molar refractivity (Wildman–Crippen MR) is 79.9 cm³/mol. The third kappa shape index (κ3) is 8.06. The van der Waals surface area contributed by atoms with Crippen LogP contribution in [0.15, 0.2) is 0 Å². The lowest BCUT2D eigenvalue weighted by Crippen LogP contribution is -2.44. The Morgan fingerprint density at radius 1 is 1.11 bits per heavy atom. The van der Waals surface area contributed by atoms with E-state index < -0.39 is 0 Å². The topological polar surface area (TPSA) is 35.5 Å². The van der Waals surface area contributed by atoms with Crippen LogP contribution >= 0.6 is 0 Å². The second kappa shape index (κ2) is 8.89. The highest BCUT2D eigenvalue weighted by Crippen LogP contribution is 2.13. The van der Waals surface area contributed by atoms with E-state index in [1.165, 1.54) is 13.1 Å². The molecule has 0 aliphatic carbocycles. The fourth-order valence-corrected chi connectivity index (χ4v) is 2.27. The summed E-state index contributed by atoms with van der Waals surface area (Å²) in [5.74, 6) is 1.44. The summed E-state index contributed by atoms with van der Waals surface area (Å²) in [4.78, 5) is 2.56. The predicted octanol–water partition coefficient (Wildman–Crippen LogP) is 2.35. The number of aliphatic hydroxyl groups excluding tert-OH is 1. The second-order valence-corrected chi connectivity index (χ2v) is 6.62. The van der Waals surface area contributed by atoms with E-state index in [4.69, 9.17) is 0 Å². The summed E-state index contributed by atoms with van der Waals surface area (Å²) in [6.45, 7) is 14.9. The van der Waals surface area contributed by atoms with Crippen molar-refractivity contribution in [3.05, 3.63) is 0 Å². The SMILES string of the molecule is CNC(C)(CO)CCCN(CC(C)C)CC(C)C. The van der Waals surface area contributed by atoms with Gasteiger partial charge in [-0.25, -0.2) is 0 Å². The Balaban J connectivity index is 4.09. The zero-order valence-corrected chi connectivity index (χ0v) is 13.3. The van der Waals surface area contributed by atoms with Crippen molar-refractivity contribution >= 4 is 0 Å². The van der Waals surface area contributed by atoms with Crippen LogP contribution in [-0.2, 0) is 0 Å². The Kier molecular flexibility index (Phi) is 8.83. The van der Waals surface area contributed by atoms with Gasteiger partial charge >= 0.3 is 0 Å². The Morgan fingerprint density at radius 3 is 1.94 bits per heavy atom. The summed E-state index contributed by atoms with van der Waals surface area (Å²) in [5, 5.41) is 12.6. The lowest BCUT2D eigenvalue weighted by Gasteiger charge is -2.30. The number of likely N-dealkylation sites (N-methyl/N-ethyl adjacent to an activating group) is 1. The zero-order valence-electron chi connectivity index (χ0n) is 13.3. The van der Waals surface area contributed by atoms with Crippen LogP contribution in [0.2, 0.25) is 0 Å². The molecule has 3 nitrogen and oxygen atoms in total. The van der Waals surface area contributed by atoms with Crippen molar-refractivity contribution in [2.45, 2.75) is 53.0 Å². The first-order valence-corrected chi connectivity index (χ1v) is 7.35. The molecular weight excluding hydrogens is 224 g/mol. The highest BCUT2D eigenvalue weighted by molar-refractivity contribution is 4.80. The highest BCUT2D eigenvalue weighted by atomic mass is 16.3. The van der Waals surface area contributed by atoms with Gasteiger partial charge in [0.15, 0.2) is 0 Å². The van der Waals surface area contributed by atoms with Gasteiger partial charge in [-0.15, -0.1) is 0 Å². The molecule has 18 heavy (non-hydrogen) atoms. The number of rotatable bonds is 10. The summed E-state index contributed by atoms with van der Waals surface area (Å²) >= 11 is 0. The van der Waals surface area contributed by atoms with Crippen LogP contribution < -0.4 is 5.32 Å². The molecule has 1 unspecified atom stereocenters. The molecule has 0 spiro atoms. The Bertz CT molecular complexity index is 191. The number of hydrogen-bond donors (Lipinski definition) is 2. The first-order valence-electron chi connectivity index (χ1n) is 7.35. The normalized spacial score (nSPS) is 15.7. The number of aliphatic hydroxyl groups is 1. The second-order valence-electron chi connectivity index (χ2n) is 6.62. The van der Waals surface area contributed by atoms with Crippen molar-refractivity contribution in [2.75, 3.05) is 33.3 Å². The van der Waals surface area contributed by atoms with Gasteiger partial charge in [0.05, 0.1) is 6.61 Å².